The first-order valence-electron chi connectivity index (χ1n) is 3.04. The summed E-state index contributed by atoms with van der Waals surface area (Å²) in [5.41, 5.74) is 0. The van der Waals surface area contributed by atoms with Crippen LogP contribution >= 0.6 is 0 Å². The lowest BCUT2D eigenvalue weighted by Gasteiger charge is -2.12. The molecule has 1 unspecified atom stereocenters. The van der Waals surface area contributed by atoms with Gasteiger partial charge in [0.2, 0.25) is 0 Å². The molecular weight excluding hydrogens is 120 g/mol. The molecule has 0 bridgehead atoms. The third-order valence-electron chi connectivity index (χ3n) is 1.19. The summed E-state index contributed by atoms with van der Waals surface area (Å²) < 4.78 is 0. The number of hydrogen-bond donors (Lipinski definition) is 1. The van der Waals surface area contributed by atoms with Crippen LogP contribution < -0.4 is 5.11 Å². The molecule has 0 aromatic carbocycles. The van der Waals surface area contributed by atoms with Gasteiger partial charge in [0.1, 0.15) is 0 Å². The van der Waals surface area contributed by atoms with Gasteiger partial charge in [-0.3, -0.25) is 0 Å². The maximum atomic E-state index is 10.0. The Morgan fingerprint density at radius 3 is 2.44 bits per heavy atom. The van der Waals surface area contributed by atoms with Gasteiger partial charge in [-0.05, 0) is 6.42 Å². The molecule has 0 aromatic heterocycles. The Labute approximate surface area is 54.3 Å². The predicted octanol–water partition coefficient (Wildman–Crippen LogP) is -0.855. The molecule has 0 aliphatic rings. The SMILES string of the molecule is CCCC(CO)C(=O)[O-]. The number of aliphatic carboxylic acids is 1. The Bertz CT molecular complexity index is 90.3. The van der Waals surface area contributed by atoms with Gasteiger partial charge in [0.25, 0.3) is 0 Å². The van der Waals surface area contributed by atoms with Gasteiger partial charge in [-0.1, -0.05) is 13.3 Å². The smallest absolute Gasteiger partial charge is 0.0511 e. The van der Waals surface area contributed by atoms with E-state index in [2.05, 4.69) is 0 Å². The molecule has 0 saturated carbocycles. The van der Waals surface area contributed by atoms with Crippen LogP contribution in [0.25, 0.3) is 0 Å². The number of carbonyl (C=O) groups is 1. The van der Waals surface area contributed by atoms with E-state index in [4.69, 9.17) is 5.11 Å². The Morgan fingerprint density at radius 2 is 2.33 bits per heavy atom. The lowest BCUT2D eigenvalue weighted by atomic mass is 10.1. The normalized spacial score (nSPS) is 13.1. The molecule has 0 aromatic rings. The van der Waals surface area contributed by atoms with Gasteiger partial charge in [0.05, 0.1) is 6.61 Å². The summed E-state index contributed by atoms with van der Waals surface area (Å²) >= 11 is 0. The lowest BCUT2D eigenvalue weighted by Crippen LogP contribution is -2.33. The van der Waals surface area contributed by atoms with E-state index in [1.54, 1.807) is 0 Å². The standard InChI is InChI=1S/C6H12O3/c1-2-3-5(4-7)6(8)9/h5,7H,2-4H2,1H3,(H,8,9)/p-1. The van der Waals surface area contributed by atoms with Crippen LogP contribution in [-0.4, -0.2) is 17.7 Å². The molecule has 0 radical (unpaired) electrons. The minimum absolute atomic E-state index is 0.309. The van der Waals surface area contributed by atoms with Crippen molar-refractivity contribution in [2.24, 2.45) is 5.92 Å². The highest BCUT2D eigenvalue weighted by Gasteiger charge is 2.05. The molecule has 3 nitrogen and oxygen atoms in total. The summed E-state index contributed by atoms with van der Waals surface area (Å²) in [7, 11) is 0. The van der Waals surface area contributed by atoms with E-state index < -0.39 is 11.9 Å². The second kappa shape index (κ2) is 4.32. The summed E-state index contributed by atoms with van der Waals surface area (Å²) in [5, 5.41) is 18.5. The Morgan fingerprint density at radius 1 is 1.78 bits per heavy atom. The summed E-state index contributed by atoms with van der Waals surface area (Å²) in [4.78, 5) is 10.0. The highest BCUT2D eigenvalue weighted by molar-refractivity contribution is 5.67. The van der Waals surface area contributed by atoms with Crippen LogP contribution in [0.5, 0.6) is 0 Å². The van der Waals surface area contributed by atoms with Gasteiger partial charge in [0.15, 0.2) is 0 Å². The van der Waals surface area contributed by atoms with Gasteiger partial charge in [-0.2, -0.15) is 0 Å². The molecule has 54 valence electrons. The van der Waals surface area contributed by atoms with E-state index in [1.165, 1.54) is 0 Å². The summed E-state index contributed by atoms with van der Waals surface area (Å²) in [5.74, 6) is -1.82. The number of rotatable bonds is 4. The fourth-order valence-corrected chi connectivity index (χ4v) is 0.632. The lowest BCUT2D eigenvalue weighted by molar-refractivity contribution is -0.312. The first-order chi connectivity index (χ1) is 4.22. The number of aliphatic hydroxyl groups is 1. The van der Waals surface area contributed by atoms with Crippen molar-refractivity contribution < 1.29 is 15.0 Å². The van der Waals surface area contributed by atoms with Crippen molar-refractivity contribution in [1.82, 2.24) is 0 Å². The van der Waals surface area contributed by atoms with Gasteiger partial charge < -0.3 is 15.0 Å². The van der Waals surface area contributed by atoms with Crippen molar-refractivity contribution in [3.05, 3.63) is 0 Å². The Hall–Kier alpha value is -0.570. The quantitative estimate of drug-likeness (QED) is 0.540. The van der Waals surface area contributed by atoms with Gasteiger partial charge >= 0.3 is 0 Å². The van der Waals surface area contributed by atoms with Crippen LogP contribution in [0, 0.1) is 5.92 Å². The van der Waals surface area contributed by atoms with Crippen LogP contribution in [0.2, 0.25) is 0 Å². The minimum Gasteiger partial charge on any atom is -0.550 e. The predicted molar refractivity (Wildman–Crippen MR) is 30.5 cm³/mol. The monoisotopic (exact) mass is 131 g/mol. The molecule has 0 heterocycles. The summed E-state index contributed by atoms with van der Waals surface area (Å²) in [6.45, 7) is 1.56. The molecule has 3 heteroatoms. The van der Waals surface area contributed by atoms with E-state index in [-0.39, 0.29) is 6.61 Å². The zero-order valence-corrected chi connectivity index (χ0v) is 5.46. The summed E-state index contributed by atoms with van der Waals surface area (Å²) in [6.07, 6.45) is 1.26. The van der Waals surface area contributed by atoms with Crippen molar-refractivity contribution in [2.75, 3.05) is 6.61 Å². The van der Waals surface area contributed by atoms with Gasteiger partial charge in [-0.25, -0.2) is 0 Å². The van der Waals surface area contributed by atoms with Crippen molar-refractivity contribution >= 4 is 5.97 Å². The molecule has 0 aliphatic heterocycles. The molecule has 1 atom stereocenters. The highest BCUT2D eigenvalue weighted by atomic mass is 16.4. The van der Waals surface area contributed by atoms with Crippen LogP contribution in [0.15, 0.2) is 0 Å². The Kier molecular flexibility index (Phi) is 4.05. The van der Waals surface area contributed by atoms with Crippen molar-refractivity contribution in [2.45, 2.75) is 19.8 Å². The second-order valence-corrected chi connectivity index (χ2v) is 1.99. The van der Waals surface area contributed by atoms with Crippen molar-refractivity contribution in [3.63, 3.8) is 0 Å². The van der Waals surface area contributed by atoms with E-state index in [0.29, 0.717) is 6.42 Å². The van der Waals surface area contributed by atoms with E-state index in [1.807, 2.05) is 6.92 Å². The number of carboxylic acids is 1. The topological polar surface area (TPSA) is 60.4 Å². The average molecular weight is 131 g/mol. The first kappa shape index (κ1) is 8.43. The Balaban J connectivity index is 3.54. The molecule has 0 saturated heterocycles. The van der Waals surface area contributed by atoms with Gasteiger partial charge in [0, 0.05) is 11.9 Å². The van der Waals surface area contributed by atoms with Crippen molar-refractivity contribution in [1.29, 1.82) is 0 Å². The van der Waals surface area contributed by atoms with Crippen LogP contribution in [0.4, 0.5) is 0 Å². The molecule has 9 heavy (non-hydrogen) atoms. The number of carbonyl (C=O) groups excluding carboxylic acids is 1. The number of aliphatic hydroxyl groups excluding tert-OH is 1. The highest BCUT2D eigenvalue weighted by Crippen LogP contribution is 2.02. The third-order valence-corrected chi connectivity index (χ3v) is 1.19. The fourth-order valence-electron chi connectivity index (χ4n) is 0.632. The average Bonchev–Trinajstić information content (AvgIpc) is 1.82. The molecule has 1 N–H and O–H groups in total. The minimum atomic E-state index is -1.15. The third kappa shape index (κ3) is 3.08. The maximum absolute atomic E-state index is 10.0. The van der Waals surface area contributed by atoms with E-state index in [0.717, 1.165) is 6.42 Å². The number of hydrogen-bond acceptors (Lipinski definition) is 3. The van der Waals surface area contributed by atoms with Gasteiger partial charge in [-0.15, -0.1) is 0 Å². The van der Waals surface area contributed by atoms with Crippen LogP contribution in [0.1, 0.15) is 19.8 Å². The zero-order chi connectivity index (χ0) is 7.28. The molecule has 0 amide bonds. The largest absolute Gasteiger partial charge is 0.550 e. The van der Waals surface area contributed by atoms with E-state index in [9.17, 15) is 9.90 Å². The second-order valence-electron chi connectivity index (χ2n) is 1.99. The zero-order valence-electron chi connectivity index (χ0n) is 5.46. The van der Waals surface area contributed by atoms with E-state index >= 15 is 0 Å². The van der Waals surface area contributed by atoms with Crippen LogP contribution in [-0.2, 0) is 4.79 Å². The van der Waals surface area contributed by atoms with Crippen LogP contribution in [0.3, 0.4) is 0 Å². The maximum Gasteiger partial charge on any atom is 0.0511 e. The van der Waals surface area contributed by atoms with Crippen molar-refractivity contribution in [3.8, 4) is 0 Å². The molecular formula is C6H11O3-. The molecule has 0 fully saturated rings. The fraction of sp³-hybridized carbons (Fsp3) is 0.833. The molecule has 0 rings (SSSR count). The number of carboxylic acid groups (broad SMARTS) is 1. The first-order valence-corrected chi connectivity index (χ1v) is 3.04. The molecule has 0 aliphatic carbocycles. The molecule has 0 spiro atoms. The summed E-state index contributed by atoms with van der Waals surface area (Å²) in [6, 6.07) is 0.